The van der Waals surface area contributed by atoms with Gasteiger partial charge in [-0.2, -0.15) is 5.26 Å². The molecule has 0 radical (unpaired) electrons. The Morgan fingerprint density at radius 2 is 2.04 bits per heavy atom. The molecule has 0 aromatic carbocycles. The molecule has 2 aliphatic rings. The maximum absolute atomic E-state index is 9.34. The lowest BCUT2D eigenvalue weighted by Gasteiger charge is -2.39. The molecule has 6 heteroatoms. The molecule has 2 aliphatic heterocycles. The third kappa shape index (κ3) is 2.67. The third-order valence-corrected chi connectivity index (χ3v) is 5.30. The van der Waals surface area contributed by atoms with Gasteiger partial charge >= 0.3 is 0 Å². The molecule has 0 bridgehead atoms. The lowest BCUT2D eigenvalue weighted by atomic mass is 9.92. The normalized spacial score (nSPS) is 23.0. The molecule has 24 heavy (non-hydrogen) atoms. The van der Waals surface area contributed by atoms with E-state index >= 15 is 0 Å². The lowest BCUT2D eigenvalue weighted by molar-refractivity contribution is 0.388. The Morgan fingerprint density at radius 1 is 1.17 bits per heavy atom. The maximum atomic E-state index is 9.34. The molecule has 122 valence electrons. The van der Waals surface area contributed by atoms with Crippen molar-refractivity contribution in [1.82, 2.24) is 9.97 Å². The summed E-state index contributed by atoms with van der Waals surface area (Å²) in [6.45, 7) is 2.85. The lowest BCUT2D eigenvalue weighted by Crippen LogP contribution is -2.49. The zero-order valence-corrected chi connectivity index (χ0v) is 14.0. The highest BCUT2D eigenvalue weighted by Crippen LogP contribution is 2.36. The van der Waals surface area contributed by atoms with Gasteiger partial charge in [-0.3, -0.25) is 0 Å². The zero-order valence-electron chi connectivity index (χ0n) is 13.3. The first kappa shape index (κ1) is 15.2. The number of anilines is 2. The number of aromatic nitrogens is 2. The standard InChI is InChI=1S/C18H18ClN5/c19-15-3-4-17(22-11-15)24-9-6-13-5-8-23(12-16(13)24)18-14(10-20)2-1-7-21-18/h1-4,7,11,13,16H,5-6,8-9,12H2. The molecule has 0 N–H and O–H groups in total. The van der Waals surface area contributed by atoms with E-state index < -0.39 is 0 Å². The summed E-state index contributed by atoms with van der Waals surface area (Å²) in [6.07, 6.45) is 5.78. The average molecular weight is 340 g/mol. The van der Waals surface area contributed by atoms with Crippen molar-refractivity contribution in [3.05, 3.63) is 47.2 Å². The van der Waals surface area contributed by atoms with Crippen molar-refractivity contribution < 1.29 is 0 Å². The monoisotopic (exact) mass is 339 g/mol. The van der Waals surface area contributed by atoms with Gasteiger partial charge in [-0.15, -0.1) is 0 Å². The van der Waals surface area contributed by atoms with Gasteiger partial charge in [0.2, 0.25) is 0 Å². The van der Waals surface area contributed by atoms with Crippen molar-refractivity contribution in [3.63, 3.8) is 0 Å². The van der Waals surface area contributed by atoms with Crippen molar-refractivity contribution in [3.8, 4) is 6.07 Å². The number of halogens is 1. The van der Waals surface area contributed by atoms with Gasteiger partial charge in [0.1, 0.15) is 17.7 Å². The van der Waals surface area contributed by atoms with Crippen molar-refractivity contribution in [2.24, 2.45) is 5.92 Å². The first-order valence-corrected chi connectivity index (χ1v) is 8.62. The summed E-state index contributed by atoms with van der Waals surface area (Å²) >= 11 is 5.96. The molecule has 2 aromatic heterocycles. The van der Waals surface area contributed by atoms with Crippen LogP contribution in [0.2, 0.25) is 5.02 Å². The van der Waals surface area contributed by atoms with E-state index in [1.54, 1.807) is 12.4 Å². The number of piperidine rings is 1. The minimum atomic E-state index is 0.404. The molecule has 2 fully saturated rings. The van der Waals surface area contributed by atoms with E-state index in [0.717, 1.165) is 37.7 Å². The van der Waals surface area contributed by atoms with Gasteiger partial charge in [-0.1, -0.05) is 11.6 Å². The molecule has 2 aromatic rings. The Balaban J connectivity index is 1.59. The van der Waals surface area contributed by atoms with Gasteiger partial charge < -0.3 is 9.80 Å². The van der Waals surface area contributed by atoms with E-state index in [9.17, 15) is 5.26 Å². The van der Waals surface area contributed by atoms with Crippen molar-refractivity contribution in [2.45, 2.75) is 18.9 Å². The largest absolute Gasteiger partial charge is 0.353 e. The average Bonchev–Trinajstić information content (AvgIpc) is 3.05. The van der Waals surface area contributed by atoms with Crippen LogP contribution in [0.25, 0.3) is 0 Å². The number of nitriles is 1. The SMILES string of the molecule is N#Cc1cccnc1N1CCC2CCN(c3ccc(Cl)cn3)C2C1. The molecule has 2 saturated heterocycles. The fraction of sp³-hybridized carbons (Fsp3) is 0.389. The van der Waals surface area contributed by atoms with E-state index in [4.69, 9.17) is 11.6 Å². The molecule has 4 rings (SSSR count). The van der Waals surface area contributed by atoms with Crippen LogP contribution in [0, 0.1) is 17.2 Å². The van der Waals surface area contributed by atoms with Crippen LogP contribution < -0.4 is 9.80 Å². The highest BCUT2D eigenvalue weighted by Gasteiger charge is 2.39. The number of rotatable bonds is 2. The summed E-state index contributed by atoms with van der Waals surface area (Å²) in [6, 6.07) is 10.2. The summed E-state index contributed by atoms with van der Waals surface area (Å²) in [5.41, 5.74) is 0.644. The Morgan fingerprint density at radius 3 is 2.83 bits per heavy atom. The molecular weight excluding hydrogens is 322 g/mol. The number of fused-ring (bicyclic) bond motifs is 1. The summed E-state index contributed by atoms with van der Waals surface area (Å²) in [7, 11) is 0. The second-order valence-corrected chi connectivity index (χ2v) is 6.80. The van der Waals surface area contributed by atoms with Gasteiger partial charge in [0.15, 0.2) is 0 Å². The van der Waals surface area contributed by atoms with E-state index in [-0.39, 0.29) is 0 Å². The smallest absolute Gasteiger partial charge is 0.146 e. The summed E-state index contributed by atoms with van der Waals surface area (Å²) in [5.74, 6) is 2.46. The minimum absolute atomic E-state index is 0.404. The van der Waals surface area contributed by atoms with Gasteiger partial charge in [0.25, 0.3) is 0 Å². The van der Waals surface area contributed by atoms with E-state index in [1.807, 2.05) is 24.3 Å². The molecule has 0 spiro atoms. The summed E-state index contributed by atoms with van der Waals surface area (Å²) in [4.78, 5) is 13.6. The van der Waals surface area contributed by atoms with Gasteiger partial charge in [-0.25, -0.2) is 9.97 Å². The van der Waals surface area contributed by atoms with Crippen molar-refractivity contribution in [2.75, 3.05) is 29.4 Å². The predicted octanol–water partition coefficient (Wildman–Crippen LogP) is 3.11. The van der Waals surface area contributed by atoms with Crippen LogP contribution in [0.15, 0.2) is 36.7 Å². The molecule has 0 amide bonds. The molecule has 0 saturated carbocycles. The number of pyridine rings is 2. The Hall–Kier alpha value is -2.32. The number of hydrogen-bond acceptors (Lipinski definition) is 5. The second kappa shape index (κ2) is 6.29. The van der Waals surface area contributed by atoms with Gasteiger partial charge in [0.05, 0.1) is 16.6 Å². The third-order valence-electron chi connectivity index (χ3n) is 5.08. The van der Waals surface area contributed by atoms with Crippen LogP contribution >= 0.6 is 11.6 Å². The van der Waals surface area contributed by atoms with Crippen LogP contribution in [0.1, 0.15) is 18.4 Å². The van der Waals surface area contributed by atoms with E-state index in [2.05, 4.69) is 25.8 Å². The summed E-state index contributed by atoms with van der Waals surface area (Å²) < 4.78 is 0. The van der Waals surface area contributed by atoms with Crippen molar-refractivity contribution >= 4 is 23.2 Å². The van der Waals surface area contributed by atoms with Gasteiger partial charge in [0, 0.05) is 32.0 Å². The Labute approximate surface area is 146 Å². The first-order valence-electron chi connectivity index (χ1n) is 8.24. The highest BCUT2D eigenvalue weighted by molar-refractivity contribution is 6.30. The van der Waals surface area contributed by atoms with Crippen LogP contribution in [-0.2, 0) is 0 Å². The van der Waals surface area contributed by atoms with Crippen LogP contribution in [0.3, 0.4) is 0 Å². The Kier molecular flexibility index (Phi) is 3.99. The van der Waals surface area contributed by atoms with Crippen LogP contribution in [-0.4, -0.2) is 35.6 Å². The molecule has 5 nitrogen and oxygen atoms in total. The minimum Gasteiger partial charge on any atom is -0.353 e. The van der Waals surface area contributed by atoms with E-state index in [1.165, 1.54) is 6.42 Å². The topological polar surface area (TPSA) is 56.1 Å². The van der Waals surface area contributed by atoms with Crippen LogP contribution in [0.5, 0.6) is 0 Å². The number of nitrogens with zero attached hydrogens (tertiary/aromatic N) is 5. The van der Waals surface area contributed by atoms with Crippen molar-refractivity contribution in [1.29, 1.82) is 5.26 Å². The molecule has 2 atom stereocenters. The van der Waals surface area contributed by atoms with E-state index in [0.29, 0.717) is 22.5 Å². The van der Waals surface area contributed by atoms with Gasteiger partial charge in [-0.05, 0) is 43.0 Å². The first-order chi connectivity index (χ1) is 11.8. The molecular formula is C18H18ClN5. The highest BCUT2D eigenvalue weighted by atomic mass is 35.5. The predicted molar refractivity (Wildman–Crippen MR) is 94.3 cm³/mol. The zero-order chi connectivity index (χ0) is 16.5. The summed E-state index contributed by atoms with van der Waals surface area (Å²) in [5, 5.41) is 10.0. The Bertz CT molecular complexity index is 770. The molecule has 4 heterocycles. The second-order valence-electron chi connectivity index (χ2n) is 6.37. The fourth-order valence-corrected chi connectivity index (χ4v) is 4.00. The molecule has 0 aliphatic carbocycles. The maximum Gasteiger partial charge on any atom is 0.146 e. The fourth-order valence-electron chi connectivity index (χ4n) is 3.89. The quantitative estimate of drug-likeness (QED) is 0.841. The number of hydrogen-bond donors (Lipinski definition) is 0. The van der Waals surface area contributed by atoms with Crippen LogP contribution in [0.4, 0.5) is 11.6 Å². The molecule has 2 unspecified atom stereocenters.